The topological polar surface area (TPSA) is 17.1 Å². The number of hydrogen-bond acceptors (Lipinski definition) is 2. The van der Waals surface area contributed by atoms with E-state index in [4.69, 9.17) is 10.7 Å². The number of carbonyl (C=O) groups excluding carboxylic acids is 1. The molecule has 0 spiro atoms. The van der Waals surface area contributed by atoms with Gasteiger partial charge >= 0.3 is 0 Å². The number of hydrogen-bond donors (Lipinski definition) is 0. The first-order chi connectivity index (χ1) is 6.77. The lowest BCUT2D eigenvalue weighted by molar-refractivity contribution is 0.102. The fourth-order valence-electron chi connectivity index (χ4n) is 1.28. The molecule has 0 heterocycles. The zero-order valence-electron chi connectivity index (χ0n) is 8.13. The summed E-state index contributed by atoms with van der Waals surface area (Å²) in [5, 5.41) is 0. The summed E-state index contributed by atoms with van der Waals surface area (Å²) in [7, 11) is 6.46. The zero-order chi connectivity index (χ0) is 10.4. The van der Waals surface area contributed by atoms with Crippen LogP contribution in [0.25, 0.3) is 0 Å². The summed E-state index contributed by atoms with van der Waals surface area (Å²) in [6.07, 6.45) is 2.20. The highest BCUT2D eigenvalue weighted by molar-refractivity contribution is 8.21. The van der Waals surface area contributed by atoms with Gasteiger partial charge in [0.2, 0.25) is 0 Å². The van der Waals surface area contributed by atoms with Crippen molar-refractivity contribution in [3.05, 3.63) is 35.4 Å². The molecule has 0 aliphatic heterocycles. The van der Waals surface area contributed by atoms with E-state index < -0.39 is 0 Å². The molecule has 0 amide bonds. The third-order valence-electron chi connectivity index (χ3n) is 2.00. The number of carbonyl (C=O) groups is 1. The van der Waals surface area contributed by atoms with Gasteiger partial charge in [-0.15, -0.1) is 0 Å². The molecule has 76 valence electrons. The van der Waals surface area contributed by atoms with Gasteiger partial charge in [0.15, 0.2) is 5.78 Å². The van der Waals surface area contributed by atoms with Gasteiger partial charge in [0.1, 0.15) is 0 Å². The van der Waals surface area contributed by atoms with Gasteiger partial charge in [-0.25, -0.2) is 0 Å². The zero-order valence-corrected chi connectivity index (χ0v) is 9.70. The molecular weight excluding hydrogens is 216 g/mol. The van der Waals surface area contributed by atoms with Crippen molar-refractivity contribution in [2.75, 3.05) is 5.75 Å². The summed E-state index contributed by atoms with van der Waals surface area (Å²) in [6.45, 7) is 2.14. The molecule has 1 nitrogen and oxygen atoms in total. The quantitative estimate of drug-likeness (QED) is 0.715. The standard InChI is InChI=1S/C11H13ClOS/c1-2-3-9-4-6-10(7-5-9)11(13)8-14-12/h4-7H,2-3,8H2,1H3. The average molecular weight is 229 g/mol. The lowest BCUT2D eigenvalue weighted by atomic mass is 10.1. The van der Waals surface area contributed by atoms with Crippen molar-refractivity contribution < 1.29 is 4.79 Å². The molecule has 0 saturated heterocycles. The van der Waals surface area contributed by atoms with Crippen molar-refractivity contribution >= 4 is 27.4 Å². The molecule has 1 rings (SSSR count). The summed E-state index contributed by atoms with van der Waals surface area (Å²) in [4.78, 5) is 11.4. The number of rotatable bonds is 5. The van der Waals surface area contributed by atoms with Crippen molar-refractivity contribution in [3.8, 4) is 0 Å². The van der Waals surface area contributed by atoms with Gasteiger partial charge in [0.25, 0.3) is 0 Å². The molecule has 0 saturated carbocycles. The monoisotopic (exact) mass is 228 g/mol. The largest absolute Gasteiger partial charge is 0.293 e. The molecule has 1 aromatic carbocycles. The molecule has 0 N–H and O–H groups in total. The highest BCUT2D eigenvalue weighted by Crippen LogP contribution is 2.12. The van der Waals surface area contributed by atoms with E-state index in [9.17, 15) is 4.79 Å². The lowest BCUT2D eigenvalue weighted by Gasteiger charge is -2.01. The van der Waals surface area contributed by atoms with Crippen molar-refractivity contribution in [1.82, 2.24) is 0 Å². The molecule has 0 aliphatic rings. The highest BCUT2D eigenvalue weighted by Gasteiger charge is 2.04. The first kappa shape index (κ1) is 11.6. The van der Waals surface area contributed by atoms with E-state index in [1.165, 1.54) is 5.56 Å². The summed E-state index contributed by atoms with van der Waals surface area (Å²) < 4.78 is 0. The van der Waals surface area contributed by atoms with Crippen LogP contribution in [-0.4, -0.2) is 11.5 Å². The Balaban J connectivity index is 2.67. The number of benzene rings is 1. The maximum Gasteiger partial charge on any atom is 0.173 e. The van der Waals surface area contributed by atoms with Crippen LogP contribution in [-0.2, 0) is 6.42 Å². The van der Waals surface area contributed by atoms with Crippen molar-refractivity contribution in [2.45, 2.75) is 19.8 Å². The predicted octanol–water partition coefficient (Wildman–Crippen LogP) is 3.71. The SMILES string of the molecule is CCCc1ccc(C(=O)CSCl)cc1. The molecule has 1 aromatic rings. The Morgan fingerprint density at radius 2 is 2.00 bits per heavy atom. The molecule has 0 bridgehead atoms. The van der Waals surface area contributed by atoms with Gasteiger partial charge in [-0.2, -0.15) is 0 Å². The Kier molecular flexibility index (Phi) is 5.05. The van der Waals surface area contributed by atoms with E-state index in [0.717, 1.165) is 29.4 Å². The van der Waals surface area contributed by atoms with E-state index in [0.29, 0.717) is 5.75 Å². The normalized spacial score (nSPS) is 10.1. The van der Waals surface area contributed by atoms with Crippen LogP contribution < -0.4 is 0 Å². The van der Waals surface area contributed by atoms with E-state index in [1.54, 1.807) is 0 Å². The van der Waals surface area contributed by atoms with Crippen molar-refractivity contribution in [1.29, 1.82) is 0 Å². The smallest absolute Gasteiger partial charge is 0.173 e. The number of Topliss-reactive ketones (excluding diaryl/α,β-unsaturated/α-hetero) is 1. The van der Waals surface area contributed by atoms with Crippen LogP contribution in [0.3, 0.4) is 0 Å². The minimum absolute atomic E-state index is 0.0908. The first-order valence-corrected chi connectivity index (χ1v) is 6.44. The maximum atomic E-state index is 11.4. The van der Waals surface area contributed by atoms with Gasteiger partial charge in [-0.3, -0.25) is 4.79 Å². The van der Waals surface area contributed by atoms with E-state index >= 15 is 0 Å². The van der Waals surface area contributed by atoms with Gasteiger partial charge in [-0.05, 0) is 33.6 Å². The highest BCUT2D eigenvalue weighted by atomic mass is 35.7. The van der Waals surface area contributed by atoms with Crippen molar-refractivity contribution in [2.24, 2.45) is 0 Å². The fourth-order valence-corrected chi connectivity index (χ4v) is 1.84. The third kappa shape index (κ3) is 3.35. The van der Waals surface area contributed by atoms with Crippen LogP contribution in [0.2, 0.25) is 0 Å². The van der Waals surface area contributed by atoms with Crippen LogP contribution in [0.1, 0.15) is 29.3 Å². The molecule has 0 aliphatic carbocycles. The average Bonchev–Trinajstić information content (AvgIpc) is 2.20. The predicted molar refractivity (Wildman–Crippen MR) is 63.1 cm³/mol. The molecule has 0 radical (unpaired) electrons. The summed E-state index contributed by atoms with van der Waals surface area (Å²) >= 11 is 0. The number of halogens is 1. The number of aryl methyl sites for hydroxylation is 1. The van der Waals surface area contributed by atoms with Crippen LogP contribution in [0.15, 0.2) is 24.3 Å². The summed E-state index contributed by atoms with van der Waals surface area (Å²) in [6, 6.07) is 7.77. The minimum atomic E-state index is 0.0908. The van der Waals surface area contributed by atoms with Gasteiger partial charge in [0.05, 0.1) is 5.75 Å². The van der Waals surface area contributed by atoms with Crippen LogP contribution in [0, 0.1) is 0 Å². The van der Waals surface area contributed by atoms with E-state index in [-0.39, 0.29) is 5.78 Å². The van der Waals surface area contributed by atoms with Crippen LogP contribution in [0.5, 0.6) is 0 Å². The fraction of sp³-hybridized carbons (Fsp3) is 0.364. The molecule has 0 aromatic heterocycles. The first-order valence-electron chi connectivity index (χ1n) is 4.63. The second-order valence-electron chi connectivity index (χ2n) is 3.12. The minimum Gasteiger partial charge on any atom is -0.293 e. The molecular formula is C11H13ClOS. The summed E-state index contributed by atoms with van der Waals surface area (Å²) in [5.74, 6) is 0.433. The Labute approximate surface area is 93.3 Å². The Hall–Kier alpha value is -0.470. The molecule has 0 fully saturated rings. The summed E-state index contributed by atoms with van der Waals surface area (Å²) in [5.41, 5.74) is 2.03. The van der Waals surface area contributed by atoms with E-state index in [1.807, 2.05) is 24.3 Å². The molecule has 14 heavy (non-hydrogen) atoms. The second kappa shape index (κ2) is 6.10. The second-order valence-corrected chi connectivity index (χ2v) is 4.29. The van der Waals surface area contributed by atoms with Gasteiger partial charge in [0, 0.05) is 5.56 Å². The Bertz CT molecular complexity index is 295. The maximum absolute atomic E-state index is 11.4. The third-order valence-corrected chi connectivity index (χ3v) is 2.70. The number of ketones is 1. The van der Waals surface area contributed by atoms with Gasteiger partial charge in [-0.1, -0.05) is 37.6 Å². The van der Waals surface area contributed by atoms with Crippen molar-refractivity contribution in [3.63, 3.8) is 0 Å². The van der Waals surface area contributed by atoms with E-state index in [2.05, 4.69) is 6.92 Å². The molecule has 3 heteroatoms. The Morgan fingerprint density at radius 1 is 1.36 bits per heavy atom. The van der Waals surface area contributed by atoms with Crippen LogP contribution in [0.4, 0.5) is 0 Å². The lowest BCUT2D eigenvalue weighted by Crippen LogP contribution is -2.00. The Morgan fingerprint density at radius 3 is 2.50 bits per heavy atom. The van der Waals surface area contributed by atoms with Gasteiger partial charge < -0.3 is 0 Å². The van der Waals surface area contributed by atoms with Crippen LogP contribution >= 0.6 is 21.7 Å². The molecule has 0 unspecified atom stereocenters. The molecule has 0 atom stereocenters.